The molecule has 2 aromatic heterocycles. The van der Waals surface area contributed by atoms with Crippen molar-refractivity contribution in [2.24, 2.45) is 5.92 Å². The first-order valence-corrected chi connectivity index (χ1v) is 13.1. The summed E-state index contributed by atoms with van der Waals surface area (Å²) >= 11 is 0. The number of rotatable bonds is 8. The van der Waals surface area contributed by atoms with E-state index in [1.807, 2.05) is 6.07 Å². The van der Waals surface area contributed by atoms with Crippen LogP contribution < -0.4 is 10.6 Å². The summed E-state index contributed by atoms with van der Waals surface area (Å²) in [5, 5.41) is 14.6. The standard InChI is InChI=1S/C27H31F2N7O2/c1-16-6-22(28)21(27(37)32-19-2-3-19)8-26(16)36-13-25(33-34-36)18-7-20(10-30-9-18)31-24-4-5-35(12-23(24)29)11-17-14-38-15-17/h6-10,13,17,19,23-24,31H,2-5,11-12,14-15H2,1H3,(H,32,37). The number of anilines is 1. The molecule has 2 saturated heterocycles. The van der Waals surface area contributed by atoms with Crippen LogP contribution >= 0.6 is 0 Å². The van der Waals surface area contributed by atoms with E-state index in [4.69, 9.17) is 4.74 Å². The average Bonchev–Trinajstić information content (AvgIpc) is 3.55. The Bertz CT molecular complexity index is 1320. The number of likely N-dealkylation sites (tertiary alicyclic amines) is 1. The number of benzene rings is 1. The number of carbonyl (C=O) groups is 1. The topological polar surface area (TPSA) is 97.2 Å². The van der Waals surface area contributed by atoms with E-state index in [2.05, 4.69) is 30.8 Å². The molecule has 11 heteroatoms. The van der Waals surface area contributed by atoms with Gasteiger partial charge in [-0.3, -0.25) is 14.7 Å². The zero-order valence-electron chi connectivity index (χ0n) is 21.2. The molecule has 2 unspecified atom stereocenters. The minimum Gasteiger partial charge on any atom is -0.381 e. The summed E-state index contributed by atoms with van der Waals surface area (Å²) in [4.78, 5) is 19.0. The zero-order valence-corrected chi connectivity index (χ0v) is 21.2. The monoisotopic (exact) mass is 523 g/mol. The minimum atomic E-state index is -0.984. The van der Waals surface area contributed by atoms with E-state index in [0.717, 1.165) is 39.1 Å². The van der Waals surface area contributed by atoms with E-state index < -0.39 is 17.9 Å². The second-order valence-electron chi connectivity index (χ2n) is 10.6. The highest BCUT2D eigenvalue weighted by atomic mass is 19.1. The molecule has 1 aliphatic carbocycles. The highest BCUT2D eigenvalue weighted by molar-refractivity contribution is 5.95. The smallest absolute Gasteiger partial charge is 0.254 e. The maximum absolute atomic E-state index is 15.0. The van der Waals surface area contributed by atoms with Gasteiger partial charge < -0.3 is 15.4 Å². The van der Waals surface area contributed by atoms with Crippen LogP contribution in [-0.2, 0) is 4.74 Å². The van der Waals surface area contributed by atoms with E-state index in [0.29, 0.717) is 47.1 Å². The Morgan fingerprint density at radius 3 is 2.76 bits per heavy atom. The summed E-state index contributed by atoms with van der Waals surface area (Å²) in [6.07, 6.45) is 6.61. The SMILES string of the molecule is Cc1cc(F)c(C(=O)NC2CC2)cc1-n1cc(-c2cncc(NC3CCN(CC4COC4)CC3F)c2)nn1. The Labute approximate surface area is 219 Å². The maximum Gasteiger partial charge on any atom is 0.254 e. The zero-order chi connectivity index (χ0) is 26.2. The molecule has 3 fully saturated rings. The van der Waals surface area contributed by atoms with Gasteiger partial charge in [0.05, 0.1) is 42.4 Å². The van der Waals surface area contributed by atoms with Crippen molar-refractivity contribution in [3.8, 4) is 16.9 Å². The predicted molar refractivity (Wildman–Crippen MR) is 137 cm³/mol. The van der Waals surface area contributed by atoms with Crippen LogP contribution in [0.1, 0.15) is 35.2 Å². The molecule has 3 aromatic rings. The number of hydrogen-bond acceptors (Lipinski definition) is 7. The third kappa shape index (κ3) is 5.39. The molecule has 0 spiro atoms. The molecule has 200 valence electrons. The van der Waals surface area contributed by atoms with Crippen molar-refractivity contribution < 1.29 is 18.3 Å². The summed E-state index contributed by atoms with van der Waals surface area (Å²) in [5.41, 5.74) is 3.15. The third-order valence-electron chi connectivity index (χ3n) is 7.42. The van der Waals surface area contributed by atoms with Crippen molar-refractivity contribution in [3.05, 3.63) is 53.7 Å². The number of amides is 1. The fourth-order valence-corrected chi connectivity index (χ4v) is 5.01. The number of nitrogens with zero attached hydrogens (tertiary/aromatic N) is 5. The molecular formula is C27H31F2N7O2. The number of aryl methyl sites for hydroxylation is 1. The Morgan fingerprint density at radius 1 is 1.18 bits per heavy atom. The van der Waals surface area contributed by atoms with Crippen molar-refractivity contribution in [2.75, 3.05) is 38.2 Å². The van der Waals surface area contributed by atoms with Crippen molar-refractivity contribution in [2.45, 2.75) is 44.4 Å². The molecule has 4 heterocycles. The van der Waals surface area contributed by atoms with Gasteiger partial charge in [0, 0.05) is 49.6 Å². The number of nitrogens with one attached hydrogen (secondary N) is 2. The second-order valence-corrected chi connectivity index (χ2v) is 10.6. The number of carbonyl (C=O) groups excluding carboxylic acids is 1. The number of ether oxygens (including phenoxy) is 1. The first kappa shape index (κ1) is 24.9. The molecule has 2 atom stereocenters. The highest BCUT2D eigenvalue weighted by Crippen LogP contribution is 2.26. The quantitative estimate of drug-likeness (QED) is 0.468. The maximum atomic E-state index is 15.0. The van der Waals surface area contributed by atoms with Crippen LogP contribution in [0.2, 0.25) is 0 Å². The molecule has 38 heavy (non-hydrogen) atoms. The number of halogens is 2. The molecule has 1 amide bonds. The van der Waals surface area contributed by atoms with Crippen molar-refractivity contribution in [3.63, 3.8) is 0 Å². The molecule has 2 aliphatic heterocycles. The molecule has 2 N–H and O–H groups in total. The largest absolute Gasteiger partial charge is 0.381 e. The fraction of sp³-hybridized carbons (Fsp3) is 0.481. The Balaban J connectivity index is 1.15. The molecule has 9 nitrogen and oxygen atoms in total. The lowest BCUT2D eigenvalue weighted by Gasteiger charge is -2.38. The van der Waals surface area contributed by atoms with Crippen LogP contribution in [-0.4, -0.2) is 81.9 Å². The highest BCUT2D eigenvalue weighted by Gasteiger charge is 2.32. The van der Waals surface area contributed by atoms with Gasteiger partial charge in [-0.2, -0.15) is 0 Å². The van der Waals surface area contributed by atoms with Gasteiger partial charge in [0.15, 0.2) is 0 Å². The molecule has 0 bridgehead atoms. The Morgan fingerprint density at radius 2 is 2.03 bits per heavy atom. The molecule has 6 rings (SSSR count). The van der Waals surface area contributed by atoms with Crippen LogP contribution in [0.25, 0.3) is 16.9 Å². The van der Waals surface area contributed by atoms with E-state index in [9.17, 15) is 13.6 Å². The normalized spacial score (nSPS) is 22.2. The number of hydrogen-bond donors (Lipinski definition) is 2. The molecule has 1 saturated carbocycles. The van der Waals surface area contributed by atoms with E-state index in [-0.39, 0.29) is 17.6 Å². The van der Waals surface area contributed by atoms with E-state index >= 15 is 0 Å². The lowest BCUT2D eigenvalue weighted by atomic mass is 10.00. The van der Waals surface area contributed by atoms with Gasteiger partial charge in [0.25, 0.3) is 5.91 Å². The van der Waals surface area contributed by atoms with Gasteiger partial charge >= 0.3 is 0 Å². The van der Waals surface area contributed by atoms with Crippen molar-refractivity contribution >= 4 is 11.6 Å². The van der Waals surface area contributed by atoms with Gasteiger partial charge in [-0.1, -0.05) is 5.21 Å². The Kier molecular flexibility index (Phi) is 6.79. The summed E-state index contributed by atoms with van der Waals surface area (Å²) in [6, 6.07) is 4.55. The molecule has 1 aromatic carbocycles. The fourth-order valence-electron chi connectivity index (χ4n) is 5.01. The summed E-state index contributed by atoms with van der Waals surface area (Å²) in [6.45, 7) is 5.44. The number of aromatic nitrogens is 4. The summed E-state index contributed by atoms with van der Waals surface area (Å²) < 4.78 is 36.3. The van der Waals surface area contributed by atoms with Gasteiger partial charge in [0.1, 0.15) is 17.7 Å². The average molecular weight is 524 g/mol. The number of piperidine rings is 1. The molecule has 3 aliphatic rings. The van der Waals surface area contributed by atoms with Crippen molar-refractivity contribution in [1.29, 1.82) is 0 Å². The lowest BCUT2D eigenvalue weighted by Crippen LogP contribution is -2.50. The first-order chi connectivity index (χ1) is 18.4. The van der Waals surface area contributed by atoms with E-state index in [1.165, 1.54) is 16.8 Å². The van der Waals surface area contributed by atoms with Gasteiger partial charge in [-0.05, 0) is 49.9 Å². The Hall–Kier alpha value is -3.44. The third-order valence-corrected chi connectivity index (χ3v) is 7.42. The predicted octanol–water partition coefficient (Wildman–Crippen LogP) is 3.14. The summed E-state index contributed by atoms with van der Waals surface area (Å²) in [5.74, 6) is -0.475. The van der Waals surface area contributed by atoms with Crippen LogP contribution in [0.4, 0.5) is 14.5 Å². The van der Waals surface area contributed by atoms with Crippen LogP contribution in [0.15, 0.2) is 36.8 Å². The second kappa shape index (κ2) is 10.4. The summed E-state index contributed by atoms with van der Waals surface area (Å²) in [7, 11) is 0. The number of pyridine rings is 1. The number of alkyl halides is 1. The van der Waals surface area contributed by atoms with Crippen LogP contribution in [0.5, 0.6) is 0 Å². The van der Waals surface area contributed by atoms with E-state index in [1.54, 1.807) is 25.5 Å². The lowest BCUT2D eigenvalue weighted by molar-refractivity contribution is -0.0521. The van der Waals surface area contributed by atoms with Gasteiger partial charge in [-0.15, -0.1) is 5.10 Å². The van der Waals surface area contributed by atoms with Crippen molar-refractivity contribution in [1.82, 2.24) is 30.2 Å². The molecule has 0 radical (unpaired) electrons. The van der Waals surface area contributed by atoms with Crippen LogP contribution in [0, 0.1) is 18.7 Å². The molecular weight excluding hydrogens is 492 g/mol. The first-order valence-electron chi connectivity index (χ1n) is 13.1. The van der Waals surface area contributed by atoms with Gasteiger partial charge in [-0.25, -0.2) is 13.5 Å². The van der Waals surface area contributed by atoms with Crippen LogP contribution in [0.3, 0.4) is 0 Å². The minimum absolute atomic E-state index is 0.0183. The van der Waals surface area contributed by atoms with Gasteiger partial charge in [0.2, 0.25) is 0 Å².